The summed E-state index contributed by atoms with van der Waals surface area (Å²) in [7, 11) is 0. The number of thiophene rings is 1. The van der Waals surface area contributed by atoms with Crippen molar-refractivity contribution in [3.05, 3.63) is 46.7 Å². The monoisotopic (exact) mass is 212 g/mol. The quantitative estimate of drug-likeness (QED) is 0.735. The van der Waals surface area contributed by atoms with Crippen LogP contribution in [0, 0.1) is 11.6 Å². The van der Waals surface area contributed by atoms with Crippen molar-refractivity contribution in [1.29, 1.82) is 0 Å². The molecule has 0 spiro atoms. The molecule has 14 heavy (non-hydrogen) atoms. The summed E-state index contributed by atoms with van der Waals surface area (Å²) in [6.45, 7) is 0. The third-order valence-electron chi connectivity index (χ3n) is 1.63. The topological polar surface area (TPSA) is 9.23 Å². The molecule has 0 bridgehead atoms. The number of benzene rings is 1. The first kappa shape index (κ1) is 9.15. The van der Waals surface area contributed by atoms with E-state index in [1.54, 1.807) is 16.8 Å². The first-order valence-corrected chi connectivity index (χ1v) is 4.86. The highest BCUT2D eigenvalue weighted by Crippen LogP contribution is 2.28. The average Bonchev–Trinajstić information content (AvgIpc) is 2.64. The summed E-state index contributed by atoms with van der Waals surface area (Å²) < 4.78 is 31.2. The number of rotatable bonds is 2. The van der Waals surface area contributed by atoms with E-state index in [-0.39, 0.29) is 5.75 Å². The molecular formula is C10H6F2OS. The van der Waals surface area contributed by atoms with Crippen molar-refractivity contribution in [2.75, 3.05) is 0 Å². The standard InChI is InChI=1S/C10H6F2OS/c11-8-2-1-3-9(12)10(8)13-7-4-5-14-6-7/h1-6H. The van der Waals surface area contributed by atoms with Crippen LogP contribution in [0.25, 0.3) is 0 Å². The van der Waals surface area contributed by atoms with Gasteiger partial charge in [-0.2, -0.15) is 0 Å². The fourth-order valence-electron chi connectivity index (χ4n) is 1.01. The Morgan fingerprint density at radius 2 is 1.79 bits per heavy atom. The van der Waals surface area contributed by atoms with Crippen LogP contribution < -0.4 is 4.74 Å². The van der Waals surface area contributed by atoms with Gasteiger partial charge in [0.05, 0.1) is 0 Å². The summed E-state index contributed by atoms with van der Waals surface area (Å²) in [4.78, 5) is 0. The molecule has 0 aliphatic rings. The summed E-state index contributed by atoms with van der Waals surface area (Å²) >= 11 is 1.40. The minimum atomic E-state index is -0.698. The Bertz CT molecular complexity index is 405. The number of halogens is 2. The van der Waals surface area contributed by atoms with E-state index in [9.17, 15) is 8.78 Å². The molecule has 1 aromatic heterocycles. The SMILES string of the molecule is Fc1cccc(F)c1Oc1ccsc1. The molecule has 0 unspecified atom stereocenters. The van der Waals surface area contributed by atoms with Gasteiger partial charge >= 0.3 is 0 Å². The van der Waals surface area contributed by atoms with Gasteiger partial charge in [0, 0.05) is 5.38 Å². The zero-order chi connectivity index (χ0) is 9.97. The van der Waals surface area contributed by atoms with Gasteiger partial charge in [-0.05, 0) is 23.6 Å². The maximum Gasteiger partial charge on any atom is 0.198 e. The number of hydrogen-bond donors (Lipinski definition) is 0. The van der Waals surface area contributed by atoms with Gasteiger partial charge in [-0.3, -0.25) is 0 Å². The van der Waals surface area contributed by atoms with Crippen molar-refractivity contribution in [3.63, 3.8) is 0 Å². The minimum absolute atomic E-state index is 0.356. The van der Waals surface area contributed by atoms with Gasteiger partial charge in [0.1, 0.15) is 5.75 Å². The first-order valence-electron chi connectivity index (χ1n) is 3.91. The molecule has 0 amide bonds. The molecule has 1 aromatic carbocycles. The van der Waals surface area contributed by atoms with Gasteiger partial charge in [-0.1, -0.05) is 6.07 Å². The highest BCUT2D eigenvalue weighted by Gasteiger charge is 2.10. The molecule has 0 aliphatic carbocycles. The van der Waals surface area contributed by atoms with E-state index in [4.69, 9.17) is 4.74 Å². The molecule has 1 nitrogen and oxygen atoms in total. The second-order valence-electron chi connectivity index (χ2n) is 2.61. The van der Waals surface area contributed by atoms with Crippen molar-refractivity contribution >= 4 is 11.3 Å². The Kier molecular flexibility index (Phi) is 2.45. The van der Waals surface area contributed by atoms with Crippen LogP contribution in [-0.4, -0.2) is 0 Å². The Labute approximate surface area is 83.6 Å². The number of para-hydroxylation sites is 1. The molecule has 72 valence electrons. The Balaban J connectivity index is 2.33. The van der Waals surface area contributed by atoms with Crippen molar-refractivity contribution < 1.29 is 13.5 Å². The van der Waals surface area contributed by atoms with Crippen molar-refractivity contribution in [3.8, 4) is 11.5 Å². The third kappa shape index (κ3) is 1.75. The van der Waals surface area contributed by atoms with Crippen molar-refractivity contribution in [2.45, 2.75) is 0 Å². The minimum Gasteiger partial charge on any atom is -0.450 e. The van der Waals surface area contributed by atoms with Crippen LogP contribution in [0.5, 0.6) is 11.5 Å². The average molecular weight is 212 g/mol. The molecule has 0 radical (unpaired) electrons. The smallest absolute Gasteiger partial charge is 0.198 e. The van der Waals surface area contributed by atoms with Crippen LogP contribution >= 0.6 is 11.3 Å². The van der Waals surface area contributed by atoms with Gasteiger partial charge in [-0.15, -0.1) is 11.3 Å². The van der Waals surface area contributed by atoms with E-state index in [0.29, 0.717) is 5.75 Å². The van der Waals surface area contributed by atoms with Crippen LogP contribution in [0.1, 0.15) is 0 Å². The van der Waals surface area contributed by atoms with Crippen LogP contribution in [0.15, 0.2) is 35.0 Å². The van der Waals surface area contributed by atoms with Gasteiger partial charge < -0.3 is 4.74 Å². The number of ether oxygens (including phenoxy) is 1. The molecule has 4 heteroatoms. The van der Waals surface area contributed by atoms with Crippen LogP contribution in [0.3, 0.4) is 0 Å². The predicted molar refractivity (Wildman–Crippen MR) is 50.8 cm³/mol. The van der Waals surface area contributed by atoms with Crippen molar-refractivity contribution in [1.82, 2.24) is 0 Å². The van der Waals surface area contributed by atoms with Crippen LogP contribution in [0.2, 0.25) is 0 Å². The Morgan fingerprint density at radius 3 is 2.36 bits per heavy atom. The van der Waals surface area contributed by atoms with E-state index in [0.717, 1.165) is 12.1 Å². The molecule has 0 N–H and O–H groups in total. The fraction of sp³-hybridized carbons (Fsp3) is 0. The summed E-state index contributed by atoms with van der Waals surface area (Å²) in [6.07, 6.45) is 0. The largest absolute Gasteiger partial charge is 0.450 e. The lowest BCUT2D eigenvalue weighted by Gasteiger charge is -2.04. The molecule has 2 rings (SSSR count). The van der Waals surface area contributed by atoms with Gasteiger partial charge in [0.25, 0.3) is 0 Å². The zero-order valence-corrected chi connectivity index (χ0v) is 7.85. The second-order valence-corrected chi connectivity index (χ2v) is 3.39. The normalized spacial score (nSPS) is 10.1. The molecule has 0 saturated heterocycles. The van der Waals surface area contributed by atoms with E-state index in [1.165, 1.54) is 17.4 Å². The second kappa shape index (κ2) is 3.75. The Hall–Kier alpha value is -1.42. The molecule has 0 aliphatic heterocycles. The first-order chi connectivity index (χ1) is 6.77. The molecule has 2 aromatic rings. The number of hydrogen-bond acceptors (Lipinski definition) is 2. The van der Waals surface area contributed by atoms with Crippen LogP contribution in [0.4, 0.5) is 8.78 Å². The van der Waals surface area contributed by atoms with Gasteiger partial charge in [-0.25, -0.2) is 8.78 Å². The van der Waals surface area contributed by atoms with E-state index >= 15 is 0 Å². The van der Waals surface area contributed by atoms with Gasteiger partial charge in [0.2, 0.25) is 0 Å². The van der Waals surface area contributed by atoms with Crippen molar-refractivity contribution in [2.24, 2.45) is 0 Å². The lowest BCUT2D eigenvalue weighted by atomic mass is 10.3. The summed E-state index contributed by atoms with van der Waals surface area (Å²) in [5.41, 5.74) is 0. The molecular weight excluding hydrogens is 206 g/mol. The predicted octanol–water partition coefficient (Wildman–Crippen LogP) is 3.82. The van der Waals surface area contributed by atoms with Gasteiger partial charge in [0.15, 0.2) is 17.4 Å². The molecule has 1 heterocycles. The highest BCUT2D eigenvalue weighted by atomic mass is 32.1. The highest BCUT2D eigenvalue weighted by molar-refractivity contribution is 7.08. The molecule has 0 fully saturated rings. The summed E-state index contributed by atoms with van der Waals surface area (Å²) in [6, 6.07) is 5.26. The maximum atomic E-state index is 13.1. The maximum absolute atomic E-state index is 13.1. The van der Waals surface area contributed by atoms with Crippen LogP contribution in [-0.2, 0) is 0 Å². The van der Waals surface area contributed by atoms with E-state index in [1.807, 2.05) is 0 Å². The Morgan fingerprint density at radius 1 is 1.07 bits per heavy atom. The molecule has 0 saturated carbocycles. The lowest BCUT2D eigenvalue weighted by Crippen LogP contribution is -1.90. The third-order valence-corrected chi connectivity index (χ3v) is 2.30. The van der Waals surface area contributed by atoms with E-state index in [2.05, 4.69) is 0 Å². The fourth-order valence-corrected chi connectivity index (χ4v) is 1.56. The van der Waals surface area contributed by atoms with E-state index < -0.39 is 11.6 Å². The summed E-state index contributed by atoms with van der Waals surface area (Å²) in [5, 5.41) is 3.44. The summed E-state index contributed by atoms with van der Waals surface area (Å²) in [5.74, 6) is -1.31. The lowest BCUT2D eigenvalue weighted by molar-refractivity contribution is 0.409. The zero-order valence-electron chi connectivity index (χ0n) is 7.04. The molecule has 0 atom stereocenters.